The van der Waals surface area contributed by atoms with Crippen LogP contribution in [0.4, 0.5) is 5.69 Å². The lowest BCUT2D eigenvalue weighted by Gasteiger charge is -2.12. The minimum Gasteiger partial charge on any atom is -0.462 e. The summed E-state index contributed by atoms with van der Waals surface area (Å²) < 4.78 is 4.95. The molecule has 0 atom stereocenters. The quantitative estimate of drug-likeness (QED) is 0.826. The van der Waals surface area contributed by atoms with Crippen LogP contribution in [0.2, 0.25) is 0 Å². The number of esters is 1. The van der Waals surface area contributed by atoms with Crippen molar-refractivity contribution in [1.82, 2.24) is 4.98 Å². The number of para-hydroxylation sites is 1. The summed E-state index contributed by atoms with van der Waals surface area (Å²) in [6.07, 6.45) is 0. The van der Waals surface area contributed by atoms with Crippen molar-refractivity contribution in [1.29, 1.82) is 0 Å². The molecule has 1 heterocycles. The molecule has 0 fully saturated rings. The van der Waals surface area contributed by atoms with Crippen molar-refractivity contribution in [3.63, 3.8) is 0 Å². The van der Waals surface area contributed by atoms with E-state index in [1.807, 2.05) is 25.1 Å². The Labute approximate surface area is 110 Å². The zero-order valence-corrected chi connectivity index (χ0v) is 10.9. The average molecular weight is 260 g/mol. The molecule has 2 aromatic rings. The Morgan fingerprint density at radius 1 is 1.32 bits per heavy atom. The molecule has 0 saturated heterocycles. The Morgan fingerprint density at radius 2 is 2.05 bits per heavy atom. The average Bonchev–Trinajstić information content (AvgIpc) is 2.39. The second-order valence-electron chi connectivity index (χ2n) is 4.00. The monoisotopic (exact) mass is 260 g/mol. The normalized spacial score (nSPS) is 10.4. The number of pyridine rings is 1. The first-order chi connectivity index (χ1) is 9.19. The van der Waals surface area contributed by atoms with Crippen molar-refractivity contribution in [2.45, 2.75) is 13.8 Å². The Balaban J connectivity index is 2.73. The maximum atomic E-state index is 12.0. The first kappa shape index (κ1) is 13.1. The highest BCUT2D eigenvalue weighted by atomic mass is 16.5. The van der Waals surface area contributed by atoms with Gasteiger partial charge in [-0.25, -0.2) is 4.79 Å². The predicted octanol–water partition coefficient (Wildman–Crippen LogP) is 2.14. The Bertz CT molecular complexity index is 661. The number of ether oxygens (including phenoxy) is 1. The lowest BCUT2D eigenvalue weighted by Crippen LogP contribution is -2.22. The lowest BCUT2D eigenvalue weighted by molar-refractivity contribution is 0.0525. The van der Waals surface area contributed by atoms with Crippen LogP contribution < -0.4 is 10.9 Å². The number of benzene rings is 1. The fourth-order valence-electron chi connectivity index (χ4n) is 2.00. The molecule has 2 N–H and O–H groups in total. The van der Waals surface area contributed by atoms with Crippen LogP contribution in [0.5, 0.6) is 0 Å². The van der Waals surface area contributed by atoms with Crippen LogP contribution in [0, 0.1) is 0 Å². The smallest absolute Gasteiger partial charge is 0.345 e. The molecule has 2 rings (SSSR count). The Morgan fingerprint density at radius 3 is 2.74 bits per heavy atom. The summed E-state index contributed by atoms with van der Waals surface area (Å²) in [4.78, 5) is 26.7. The Hall–Kier alpha value is -2.30. The maximum absolute atomic E-state index is 12.0. The highest BCUT2D eigenvalue weighted by molar-refractivity contribution is 6.04. The van der Waals surface area contributed by atoms with E-state index in [0.29, 0.717) is 17.7 Å². The predicted molar refractivity (Wildman–Crippen MR) is 74.7 cm³/mol. The molecule has 5 heteroatoms. The summed E-state index contributed by atoms with van der Waals surface area (Å²) in [5, 5.41) is 3.88. The number of fused-ring (bicyclic) bond motifs is 1. The molecule has 1 aromatic heterocycles. The van der Waals surface area contributed by atoms with Crippen LogP contribution in [0.1, 0.15) is 24.2 Å². The number of carbonyl (C=O) groups excluding carboxylic acids is 1. The van der Waals surface area contributed by atoms with Gasteiger partial charge in [-0.15, -0.1) is 0 Å². The van der Waals surface area contributed by atoms with Gasteiger partial charge in [-0.05, 0) is 19.9 Å². The van der Waals surface area contributed by atoms with Gasteiger partial charge in [0.25, 0.3) is 5.56 Å². The van der Waals surface area contributed by atoms with E-state index in [-0.39, 0.29) is 12.2 Å². The third-order valence-electron chi connectivity index (χ3n) is 2.75. The fourth-order valence-corrected chi connectivity index (χ4v) is 2.00. The zero-order valence-electron chi connectivity index (χ0n) is 10.9. The molecule has 0 spiro atoms. The van der Waals surface area contributed by atoms with Gasteiger partial charge in [0.2, 0.25) is 0 Å². The summed E-state index contributed by atoms with van der Waals surface area (Å²) >= 11 is 0. The van der Waals surface area contributed by atoms with Gasteiger partial charge in [-0.3, -0.25) is 4.79 Å². The van der Waals surface area contributed by atoms with Crippen molar-refractivity contribution in [2.75, 3.05) is 18.5 Å². The number of hydrogen-bond donors (Lipinski definition) is 2. The minimum absolute atomic E-state index is 0.0300. The molecule has 0 unspecified atom stereocenters. The second-order valence-corrected chi connectivity index (χ2v) is 4.00. The van der Waals surface area contributed by atoms with Gasteiger partial charge in [0.05, 0.1) is 17.8 Å². The van der Waals surface area contributed by atoms with E-state index >= 15 is 0 Å². The third-order valence-corrected chi connectivity index (χ3v) is 2.75. The number of H-pyrrole nitrogens is 1. The molecular formula is C14H16N2O3. The first-order valence-corrected chi connectivity index (χ1v) is 6.25. The molecule has 0 radical (unpaired) electrons. The molecule has 5 nitrogen and oxygen atoms in total. The third kappa shape index (κ3) is 2.45. The largest absolute Gasteiger partial charge is 0.462 e. The molecule has 0 aliphatic rings. The van der Waals surface area contributed by atoms with E-state index in [0.717, 1.165) is 5.39 Å². The number of nitrogens with one attached hydrogen (secondary N) is 2. The maximum Gasteiger partial charge on any atom is 0.345 e. The van der Waals surface area contributed by atoms with E-state index < -0.39 is 11.5 Å². The van der Waals surface area contributed by atoms with Gasteiger partial charge < -0.3 is 15.0 Å². The van der Waals surface area contributed by atoms with Gasteiger partial charge in [0.1, 0.15) is 5.56 Å². The topological polar surface area (TPSA) is 71.2 Å². The molecule has 0 bridgehead atoms. The number of anilines is 1. The summed E-state index contributed by atoms with van der Waals surface area (Å²) in [7, 11) is 0. The fraction of sp³-hybridized carbons (Fsp3) is 0.286. The number of carbonyl (C=O) groups is 1. The molecule has 19 heavy (non-hydrogen) atoms. The van der Waals surface area contributed by atoms with Crippen LogP contribution in [0.15, 0.2) is 29.1 Å². The molecule has 0 aliphatic heterocycles. The molecular weight excluding hydrogens is 244 g/mol. The summed E-state index contributed by atoms with van der Waals surface area (Å²) in [5.74, 6) is -0.606. The van der Waals surface area contributed by atoms with Crippen molar-refractivity contribution in [3.8, 4) is 0 Å². The van der Waals surface area contributed by atoms with Crippen LogP contribution in [0.3, 0.4) is 0 Å². The van der Waals surface area contributed by atoms with Crippen LogP contribution in [-0.4, -0.2) is 24.1 Å². The van der Waals surface area contributed by atoms with Gasteiger partial charge >= 0.3 is 5.97 Å². The number of aromatic amines is 1. The summed E-state index contributed by atoms with van der Waals surface area (Å²) in [5.41, 5.74) is 0.812. The Kier molecular flexibility index (Phi) is 3.85. The molecule has 1 aromatic carbocycles. The van der Waals surface area contributed by atoms with Crippen molar-refractivity contribution in [3.05, 3.63) is 40.2 Å². The van der Waals surface area contributed by atoms with Gasteiger partial charge in [-0.1, -0.05) is 18.2 Å². The van der Waals surface area contributed by atoms with Gasteiger partial charge in [0, 0.05) is 11.9 Å². The number of rotatable bonds is 4. The van der Waals surface area contributed by atoms with E-state index in [2.05, 4.69) is 10.3 Å². The summed E-state index contributed by atoms with van der Waals surface area (Å²) in [6.45, 7) is 4.46. The first-order valence-electron chi connectivity index (χ1n) is 6.25. The lowest BCUT2D eigenvalue weighted by atomic mass is 10.1. The molecule has 0 saturated carbocycles. The number of hydrogen-bond acceptors (Lipinski definition) is 4. The molecule has 0 amide bonds. The zero-order chi connectivity index (χ0) is 13.8. The van der Waals surface area contributed by atoms with E-state index in [4.69, 9.17) is 4.74 Å². The van der Waals surface area contributed by atoms with Crippen LogP contribution in [-0.2, 0) is 4.74 Å². The van der Waals surface area contributed by atoms with Crippen molar-refractivity contribution >= 4 is 22.6 Å². The standard InChI is InChI=1S/C14H16N2O3/c1-3-15-12-9-7-5-6-8-10(9)16-13(17)11(12)14(18)19-4-2/h5-8H,3-4H2,1-2H3,(H2,15,16,17). The van der Waals surface area contributed by atoms with E-state index in [1.54, 1.807) is 13.0 Å². The minimum atomic E-state index is -0.606. The molecule has 100 valence electrons. The van der Waals surface area contributed by atoms with Crippen molar-refractivity contribution < 1.29 is 9.53 Å². The SMILES string of the molecule is CCNc1c(C(=O)OCC)c(=O)[nH]c2ccccc12. The van der Waals surface area contributed by atoms with Crippen LogP contribution >= 0.6 is 0 Å². The van der Waals surface area contributed by atoms with Gasteiger partial charge in [0.15, 0.2) is 0 Å². The molecule has 0 aliphatic carbocycles. The highest BCUT2D eigenvalue weighted by Crippen LogP contribution is 2.23. The van der Waals surface area contributed by atoms with E-state index in [1.165, 1.54) is 0 Å². The number of aromatic nitrogens is 1. The second kappa shape index (κ2) is 5.56. The van der Waals surface area contributed by atoms with Gasteiger partial charge in [-0.2, -0.15) is 0 Å². The summed E-state index contributed by atoms with van der Waals surface area (Å²) in [6, 6.07) is 7.34. The highest BCUT2D eigenvalue weighted by Gasteiger charge is 2.19. The van der Waals surface area contributed by atoms with Crippen LogP contribution in [0.25, 0.3) is 10.9 Å². The van der Waals surface area contributed by atoms with Crippen molar-refractivity contribution in [2.24, 2.45) is 0 Å². The van der Waals surface area contributed by atoms with E-state index in [9.17, 15) is 9.59 Å².